The molecule has 234 valence electrons. The Morgan fingerprint density at radius 1 is 0.561 bits per heavy atom. The van der Waals surface area contributed by atoms with Crippen molar-refractivity contribution in [3.05, 3.63) is 0 Å². The second kappa shape index (κ2) is 10.2. The Kier molecular flexibility index (Phi) is 7.34. The maximum atomic E-state index is 11.6. The molecule has 0 aromatic heterocycles. The van der Waals surface area contributed by atoms with E-state index in [0.717, 1.165) is 37.5 Å². The van der Waals surface area contributed by atoms with Gasteiger partial charge in [0, 0.05) is 17.4 Å². The summed E-state index contributed by atoms with van der Waals surface area (Å²) in [5.74, 6) is 3.86. The van der Waals surface area contributed by atoms with Crippen LogP contribution in [0.5, 0.6) is 0 Å². The Bertz CT molecular complexity index is 928. The summed E-state index contributed by atoms with van der Waals surface area (Å²) < 4.78 is 0. The van der Waals surface area contributed by atoms with Gasteiger partial charge in [-0.3, -0.25) is 0 Å². The minimum Gasteiger partial charge on any atom is -0.396 e. The van der Waals surface area contributed by atoms with Crippen LogP contribution in [-0.4, -0.2) is 43.8 Å². The fraction of sp³-hybridized carbons (Fsp3) is 1.00. The molecule has 6 unspecified atom stereocenters. The summed E-state index contributed by atoms with van der Waals surface area (Å²) in [6, 6.07) is 0. The Morgan fingerprint density at radius 3 is 1.34 bits per heavy atom. The van der Waals surface area contributed by atoms with Crippen LogP contribution in [0.4, 0.5) is 0 Å². The summed E-state index contributed by atoms with van der Waals surface area (Å²) in [5, 5.41) is 44.1. The smallest absolute Gasteiger partial charge is 0.0704 e. The number of hydrogen-bond acceptors (Lipinski definition) is 4. The fourth-order valence-corrected chi connectivity index (χ4v) is 14.2. The number of hydrogen-bond donors (Lipinski definition) is 4. The van der Waals surface area contributed by atoms with Crippen molar-refractivity contribution < 1.29 is 20.4 Å². The van der Waals surface area contributed by atoms with Crippen molar-refractivity contribution >= 4 is 0 Å². The first-order valence-electron chi connectivity index (χ1n) is 18.2. The van der Waals surface area contributed by atoms with Crippen molar-refractivity contribution in [3.63, 3.8) is 0 Å². The summed E-state index contributed by atoms with van der Waals surface area (Å²) in [6.07, 6.45) is 26.6. The van der Waals surface area contributed by atoms with Crippen LogP contribution in [0.15, 0.2) is 0 Å². The zero-order chi connectivity index (χ0) is 28.7. The fourth-order valence-electron chi connectivity index (χ4n) is 14.2. The third kappa shape index (κ3) is 4.82. The molecule has 0 aromatic carbocycles. The average molecular weight is 571 g/mol. The second-order valence-electron chi connectivity index (χ2n) is 18.3. The van der Waals surface area contributed by atoms with Crippen LogP contribution in [0.25, 0.3) is 0 Å². The number of aliphatic hydroxyl groups excluding tert-OH is 1. The molecule has 4 N–H and O–H groups in total. The van der Waals surface area contributed by atoms with E-state index in [1.165, 1.54) is 116 Å². The van der Waals surface area contributed by atoms with Crippen molar-refractivity contribution in [2.75, 3.05) is 6.61 Å². The van der Waals surface area contributed by atoms with Crippen LogP contribution in [0.1, 0.15) is 155 Å². The third-order valence-electron chi connectivity index (χ3n) is 15.5. The standard InChI is InChI=1S/C19H32O2.C18H30O2/c1-17(21,16-5-3-2-4-6-16)19-10-14-7-15(11-19)9-18(8-14,12-19)13-20;1-16(19,15-5-3-2-4-6-15)17-8-13-7-14(9-17)11-18(20,10-13)12-17/h14-16,20-21H,2-13H2,1H3;13-15,19-20H,2-12H2,1H3. The highest BCUT2D eigenvalue weighted by Crippen LogP contribution is 2.70. The van der Waals surface area contributed by atoms with Gasteiger partial charge in [0.25, 0.3) is 0 Å². The molecule has 10 saturated carbocycles. The van der Waals surface area contributed by atoms with Gasteiger partial charge < -0.3 is 20.4 Å². The first kappa shape index (κ1) is 29.5. The van der Waals surface area contributed by atoms with Crippen molar-refractivity contribution in [1.82, 2.24) is 0 Å². The minimum atomic E-state index is -0.556. The molecule has 0 amide bonds. The lowest BCUT2D eigenvalue weighted by Crippen LogP contribution is -2.64. The Balaban J connectivity index is 0.000000135. The number of rotatable bonds is 5. The van der Waals surface area contributed by atoms with E-state index >= 15 is 0 Å². The summed E-state index contributed by atoms with van der Waals surface area (Å²) >= 11 is 0. The molecule has 0 aromatic rings. The summed E-state index contributed by atoms with van der Waals surface area (Å²) in [4.78, 5) is 0. The molecule has 10 aliphatic carbocycles. The van der Waals surface area contributed by atoms with Crippen LogP contribution < -0.4 is 0 Å². The van der Waals surface area contributed by atoms with Crippen LogP contribution in [0.3, 0.4) is 0 Å². The summed E-state index contributed by atoms with van der Waals surface area (Å²) in [5.41, 5.74) is -1.22. The molecular formula is C37H62O4. The predicted octanol–water partition coefficient (Wildman–Crippen LogP) is 7.55. The van der Waals surface area contributed by atoms with Crippen LogP contribution >= 0.6 is 0 Å². The molecule has 10 rings (SSSR count). The Morgan fingerprint density at radius 2 is 0.951 bits per heavy atom. The summed E-state index contributed by atoms with van der Waals surface area (Å²) in [6.45, 7) is 4.64. The molecule has 4 heteroatoms. The monoisotopic (exact) mass is 570 g/mol. The Hall–Kier alpha value is -0.160. The highest BCUT2D eigenvalue weighted by Gasteiger charge is 2.65. The van der Waals surface area contributed by atoms with Crippen molar-refractivity contribution in [2.24, 2.45) is 51.8 Å². The topological polar surface area (TPSA) is 80.9 Å². The van der Waals surface area contributed by atoms with E-state index in [9.17, 15) is 20.4 Å². The molecule has 0 aliphatic heterocycles. The maximum absolute atomic E-state index is 11.6. The molecular weight excluding hydrogens is 508 g/mol. The Labute approximate surface area is 250 Å². The first-order chi connectivity index (χ1) is 19.4. The van der Waals surface area contributed by atoms with Crippen molar-refractivity contribution in [3.8, 4) is 0 Å². The van der Waals surface area contributed by atoms with Crippen LogP contribution in [0.2, 0.25) is 0 Å². The molecule has 0 heterocycles. The maximum Gasteiger partial charge on any atom is 0.0704 e. The van der Waals surface area contributed by atoms with Crippen molar-refractivity contribution in [1.29, 1.82) is 0 Å². The van der Waals surface area contributed by atoms with Crippen LogP contribution in [-0.2, 0) is 0 Å². The minimum absolute atomic E-state index is 0.0217. The van der Waals surface area contributed by atoms with E-state index in [0.29, 0.717) is 30.3 Å². The van der Waals surface area contributed by atoms with Gasteiger partial charge >= 0.3 is 0 Å². The highest BCUT2D eigenvalue weighted by molar-refractivity contribution is 5.16. The van der Waals surface area contributed by atoms with Gasteiger partial charge in [-0.25, -0.2) is 0 Å². The molecule has 41 heavy (non-hydrogen) atoms. The zero-order valence-corrected chi connectivity index (χ0v) is 26.5. The molecule has 10 aliphatic rings. The SMILES string of the molecule is CC(O)(C1CCCCC1)C12CC3CC(CC(CO)(C3)C1)C2.CC(O)(C1CCCCC1)C12CC3CC(CC(O)(C3)C1)C2. The molecule has 0 radical (unpaired) electrons. The second-order valence-corrected chi connectivity index (χ2v) is 18.3. The molecule has 4 nitrogen and oxygen atoms in total. The van der Waals surface area contributed by atoms with Gasteiger partial charge in [0.1, 0.15) is 0 Å². The van der Waals surface area contributed by atoms with Gasteiger partial charge in [0.15, 0.2) is 0 Å². The van der Waals surface area contributed by atoms with Gasteiger partial charge in [-0.2, -0.15) is 0 Å². The summed E-state index contributed by atoms with van der Waals surface area (Å²) in [7, 11) is 0. The lowest BCUT2D eigenvalue weighted by atomic mass is 9.39. The molecule has 0 saturated heterocycles. The van der Waals surface area contributed by atoms with E-state index in [1.807, 2.05) is 0 Å². The zero-order valence-electron chi connectivity index (χ0n) is 26.5. The third-order valence-corrected chi connectivity index (χ3v) is 15.5. The van der Waals surface area contributed by atoms with E-state index < -0.39 is 16.8 Å². The molecule has 6 atom stereocenters. The van der Waals surface area contributed by atoms with E-state index in [4.69, 9.17) is 0 Å². The largest absolute Gasteiger partial charge is 0.396 e. The molecule has 10 fully saturated rings. The molecule has 0 spiro atoms. The first-order valence-corrected chi connectivity index (χ1v) is 18.2. The van der Waals surface area contributed by atoms with Gasteiger partial charge in [0.2, 0.25) is 0 Å². The lowest BCUT2D eigenvalue weighted by molar-refractivity contribution is -0.241. The van der Waals surface area contributed by atoms with Gasteiger partial charge in [-0.15, -0.1) is 0 Å². The normalized spacial score (nSPS) is 50.2. The highest BCUT2D eigenvalue weighted by atomic mass is 16.3. The molecule has 8 bridgehead atoms. The van der Waals surface area contributed by atoms with E-state index in [2.05, 4.69) is 13.8 Å². The van der Waals surface area contributed by atoms with Gasteiger partial charge in [-0.1, -0.05) is 38.5 Å². The quantitative estimate of drug-likeness (QED) is 0.275. The average Bonchev–Trinajstić information content (AvgIpc) is 2.92. The van der Waals surface area contributed by atoms with Crippen molar-refractivity contribution in [2.45, 2.75) is 172 Å². The van der Waals surface area contributed by atoms with Crippen LogP contribution in [0, 0.1) is 51.8 Å². The van der Waals surface area contributed by atoms with Gasteiger partial charge in [-0.05, 0) is 158 Å². The number of aliphatic hydroxyl groups is 4. The van der Waals surface area contributed by atoms with E-state index in [-0.39, 0.29) is 16.2 Å². The van der Waals surface area contributed by atoms with E-state index in [1.54, 1.807) is 0 Å². The predicted molar refractivity (Wildman–Crippen MR) is 163 cm³/mol. The van der Waals surface area contributed by atoms with Gasteiger partial charge in [0.05, 0.1) is 16.8 Å². The lowest BCUT2D eigenvalue weighted by Gasteiger charge is -2.67.